The summed E-state index contributed by atoms with van der Waals surface area (Å²) in [4.78, 5) is 12.0. The van der Waals surface area contributed by atoms with E-state index in [1.165, 1.54) is 18.2 Å². The van der Waals surface area contributed by atoms with Crippen LogP contribution in [0.25, 0.3) is 0 Å². The molecule has 9 heteroatoms. The highest BCUT2D eigenvalue weighted by Crippen LogP contribution is 2.32. The molecule has 26 heavy (non-hydrogen) atoms. The van der Waals surface area contributed by atoms with E-state index >= 15 is 0 Å². The van der Waals surface area contributed by atoms with Crippen molar-refractivity contribution in [2.24, 2.45) is 0 Å². The Labute approximate surface area is 156 Å². The average molecular weight is 397 g/mol. The molecular formula is C17H17ClN2O5S. The molecule has 0 radical (unpaired) electrons. The molecule has 0 saturated heterocycles. The van der Waals surface area contributed by atoms with E-state index in [9.17, 15) is 13.2 Å². The minimum absolute atomic E-state index is 0.0583. The topological polar surface area (TPSA) is 93.7 Å². The van der Waals surface area contributed by atoms with Crippen LogP contribution < -0.4 is 19.5 Å². The molecule has 1 heterocycles. The summed E-state index contributed by atoms with van der Waals surface area (Å²) in [5, 5.41) is 3.13. The van der Waals surface area contributed by atoms with Crippen molar-refractivity contribution < 1.29 is 22.7 Å². The van der Waals surface area contributed by atoms with E-state index in [1.54, 1.807) is 25.1 Å². The van der Waals surface area contributed by atoms with Crippen molar-refractivity contribution in [3.8, 4) is 11.5 Å². The molecule has 1 aliphatic rings. The van der Waals surface area contributed by atoms with Gasteiger partial charge in [0.05, 0.1) is 11.4 Å². The molecule has 0 fully saturated rings. The van der Waals surface area contributed by atoms with E-state index in [0.29, 0.717) is 22.1 Å². The Morgan fingerprint density at radius 3 is 2.69 bits per heavy atom. The van der Waals surface area contributed by atoms with Crippen LogP contribution >= 0.6 is 11.6 Å². The first kappa shape index (κ1) is 18.5. The number of aryl methyl sites for hydroxylation is 1. The van der Waals surface area contributed by atoms with E-state index in [1.807, 2.05) is 0 Å². The monoisotopic (exact) mass is 396 g/mol. The Morgan fingerprint density at radius 2 is 1.92 bits per heavy atom. The van der Waals surface area contributed by atoms with Crippen molar-refractivity contribution in [1.82, 2.24) is 10.0 Å². The fourth-order valence-corrected chi connectivity index (χ4v) is 3.53. The third kappa shape index (κ3) is 4.27. The minimum Gasteiger partial charge on any atom is -0.454 e. The first-order valence-electron chi connectivity index (χ1n) is 7.76. The largest absolute Gasteiger partial charge is 0.454 e. The highest BCUT2D eigenvalue weighted by atomic mass is 35.5. The van der Waals surface area contributed by atoms with Gasteiger partial charge in [-0.15, -0.1) is 0 Å². The van der Waals surface area contributed by atoms with Gasteiger partial charge < -0.3 is 14.8 Å². The quantitative estimate of drug-likeness (QED) is 0.778. The lowest BCUT2D eigenvalue weighted by molar-refractivity contribution is -0.120. The third-order valence-corrected chi connectivity index (χ3v) is 5.61. The maximum atomic E-state index is 12.2. The Morgan fingerprint density at radius 1 is 1.15 bits per heavy atom. The Hall–Kier alpha value is -2.29. The molecular weight excluding hydrogens is 380 g/mol. The highest BCUT2D eigenvalue weighted by Gasteiger charge is 2.17. The number of amides is 1. The zero-order valence-corrected chi connectivity index (χ0v) is 15.5. The molecule has 3 rings (SSSR count). The minimum atomic E-state index is -3.79. The fraction of sp³-hybridized carbons (Fsp3) is 0.235. The molecule has 0 unspecified atom stereocenters. The lowest BCUT2D eigenvalue weighted by Gasteiger charge is -2.09. The summed E-state index contributed by atoms with van der Waals surface area (Å²) in [5.41, 5.74) is 1.46. The predicted octanol–water partition coefficient (Wildman–Crippen LogP) is 1.97. The molecule has 2 N–H and O–H groups in total. The van der Waals surface area contributed by atoms with Crippen LogP contribution in [0.15, 0.2) is 41.3 Å². The number of hydrogen-bond donors (Lipinski definition) is 2. The number of carbonyl (C=O) groups is 1. The molecule has 2 aromatic carbocycles. The van der Waals surface area contributed by atoms with E-state index < -0.39 is 15.9 Å². The van der Waals surface area contributed by atoms with Crippen molar-refractivity contribution in [1.29, 1.82) is 0 Å². The van der Waals surface area contributed by atoms with Gasteiger partial charge in [-0.05, 0) is 48.4 Å². The van der Waals surface area contributed by atoms with E-state index in [4.69, 9.17) is 21.1 Å². The first-order valence-corrected chi connectivity index (χ1v) is 9.62. The van der Waals surface area contributed by atoms with E-state index in [2.05, 4.69) is 10.0 Å². The fourth-order valence-electron chi connectivity index (χ4n) is 2.34. The normalized spacial score (nSPS) is 12.8. The van der Waals surface area contributed by atoms with Gasteiger partial charge >= 0.3 is 0 Å². The summed E-state index contributed by atoms with van der Waals surface area (Å²) in [5.74, 6) is 0.832. The summed E-state index contributed by atoms with van der Waals surface area (Å²) in [6.45, 7) is 1.77. The third-order valence-electron chi connectivity index (χ3n) is 3.79. The van der Waals surface area contributed by atoms with E-state index in [-0.39, 0.29) is 24.8 Å². The van der Waals surface area contributed by atoms with Gasteiger partial charge in [0, 0.05) is 11.6 Å². The van der Waals surface area contributed by atoms with Crippen LogP contribution in [-0.4, -0.2) is 27.7 Å². The Bertz CT molecular complexity index is 946. The van der Waals surface area contributed by atoms with Gasteiger partial charge in [0.1, 0.15) is 0 Å². The summed E-state index contributed by atoms with van der Waals surface area (Å²) < 4.78 is 37.2. The number of ether oxygens (including phenoxy) is 2. The van der Waals surface area contributed by atoms with Gasteiger partial charge in [-0.25, -0.2) is 13.1 Å². The van der Waals surface area contributed by atoms with Crippen LogP contribution in [-0.2, 0) is 21.4 Å². The number of rotatable bonds is 6. The Kier molecular flexibility index (Phi) is 5.36. The number of benzene rings is 2. The van der Waals surface area contributed by atoms with Gasteiger partial charge in [-0.1, -0.05) is 17.7 Å². The molecule has 1 amide bonds. The molecule has 138 valence electrons. The lowest BCUT2D eigenvalue weighted by Crippen LogP contribution is -2.36. The second-order valence-corrected chi connectivity index (χ2v) is 7.87. The van der Waals surface area contributed by atoms with Crippen molar-refractivity contribution in [2.75, 3.05) is 13.3 Å². The predicted molar refractivity (Wildman–Crippen MR) is 95.8 cm³/mol. The number of nitrogens with one attached hydrogen (secondary N) is 2. The summed E-state index contributed by atoms with van der Waals surface area (Å²) in [7, 11) is -3.79. The van der Waals surface area contributed by atoms with Crippen molar-refractivity contribution in [3.05, 3.63) is 52.5 Å². The zero-order chi connectivity index (χ0) is 18.7. The maximum absolute atomic E-state index is 12.2. The average Bonchev–Trinajstić information content (AvgIpc) is 3.08. The van der Waals surface area contributed by atoms with Gasteiger partial charge in [0.25, 0.3) is 0 Å². The Balaban J connectivity index is 1.54. The molecule has 0 aromatic heterocycles. The summed E-state index contributed by atoms with van der Waals surface area (Å²) >= 11 is 5.90. The molecule has 0 aliphatic carbocycles. The van der Waals surface area contributed by atoms with Crippen LogP contribution in [0.3, 0.4) is 0 Å². The second-order valence-electron chi connectivity index (χ2n) is 5.70. The van der Waals surface area contributed by atoms with Gasteiger partial charge in [0.15, 0.2) is 11.5 Å². The van der Waals surface area contributed by atoms with Crippen LogP contribution in [0.5, 0.6) is 11.5 Å². The van der Waals surface area contributed by atoms with Crippen molar-refractivity contribution >= 4 is 27.5 Å². The van der Waals surface area contributed by atoms with Gasteiger partial charge in [-0.3, -0.25) is 4.79 Å². The van der Waals surface area contributed by atoms with Crippen LogP contribution in [0, 0.1) is 6.92 Å². The summed E-state index contributed by atoms with van der Waals surface area (Å²) in [6.07, 6.45) is 0. The van der Waals surface area contributed by atoms with E-state index in [0.717, 1.165) is 5.56 Å². The van der Waals surface area contributed by atoms with Gasteiger partial charge in [0.2, 0.25) is 22.7 Å². The number of carbonyl (C=O) groups excluding carboxylic acids is 1. The molecule has 2 aromatic rings. The number of hydrogen-bond acceptors (Lipinski definition) is 5. The van der Waals surface area contributed by atoms with Gasteiger partial charge in [-0.2, -0.15) is 0 Å². The number of fused-ring (bicyclic) bond motifs is 1. The lowest BCUT2D eigenvalue weighted by atomic mass is 10.2. The summed E-state index contributed by atoms with van der Waals surface area (Å²) in [6, 6.07) is 9.68. The maximum Gasteiger partial charge on any atom is 0.241 e. The SMILES string of the molecule is Cc1cc(S(=O)(=O)NCC(=O)NCc2ccc3c(c2)OCO3)ccc1Cl. The highest BCUT2D eigenvalue weighted by molar-refractivity contribution is 7.89. The molecule has 0 spiro atoms. The molecule has 0 bridgehead atoms. The second kappa shape index (κ2) is 7.53. The van der Waals surface area contributed by atoms with Crippen LogP contribution in [0.4, 0.5) is 0 Å². The number of halogens is 1. The van der Waals surface area contributed by atoms with Crippen LogP contribution in [0.2, 0.25) is 5.02 Å². The molecule has 7 nitrogen and oxygen atoms in total. The van der Waals surface area contributed by atoms with Crippen LogP contribution in [0.1, 0.15) is 11.1 Å². The molecule has 0 atom stereocenters. The molecule has 0 saturated carbocycles. The zero-order valence-electron chi connectivity index (χ0n) is 13.9. The standard InChI is InChI=1S/C17H17ClN2O5S/c1-11-6-13(3-4-14(11)18)26(22,23)20-9-17(21)19-8-12-2-5-15-16(7-12)25-10-24-15/h2-7,20H,8-10H2,1H3,(H,19,21). The first-order chi connectivity index (χ1) is 12.3. The molecule has 1 aliphatic heterocycles. The van der Waals surface area contributed by atoms with Crippen molar-refractivity contribution in [3.63, 3.8) is 0 Å². The number of sulfonamides is 1. The van der Waals surface area contributed by atoms with Crippen molar-refractivity contribution in [2.45, 2.75) is 18.4 Å². The smallest absolute Gasteiger partial charge is 0.241 e.